The highest BCUT2D eigenvalue weighted by Gasteiger charge is 2.42. The van der Waals surface area contributed by atoms with Gasteiger partial charge in [-0.2, -0.15) is 0 Å². The van der Waals surface area contributed by atoms with Crippen molar-refractivity contribution in [3.63, 3.8) is 0 Å². The van der Waals surface area contributed by atoms with Crippen molar-refractivity contribution in [2.45, 2.75) is 32.6 Å². The van der Waals surface area contributed by atoms with Gasteiger partial charge >= 0.3 is 0 Å². The molecule has 0 amide bonds. The maximum Gasteiger partial charge on any atom is 0.193 e. The number of likely N-dealkylation sites (tertiary alicyclic amines) is 1. The van der Waals surface area contributed by atoms with E-state index < -0.39 is 0 Å². The third kappa shape index (κ3) is 3.69. The summed E-state index contributed by atoms with van der Waals surface area (Å²) in [5.74, 6) is 1.51. The van der Waals surface area contributed by atoms with Gasteiger partial charge in [-0.25, -0.2) is 0 Å². The Bertz CT molecular complexity index is 546. The molecule has 2 atom stereocenters. The van der Waals surface area contributed by atoms with Crippen LogP contribution < -0.4 is 5.32 Å². The molecule has 4 nitrogen and oxygen atoms in total. The topological polar surface area (TPSA) is 36.9 Å². The lowest BCUT2D eigenvalue weighted by molar-refractivity contribution is 0.156. The van der Waals surface area contributed by atoms with Crippen LogP contribution in [-0.4, -0.2) is 50.8 Å². The van der Waals surface area contributed by atoms with E-state index >= 15 is 0 Å². The zero-order valence-electron chi connectivity index (χ0n) is 14.6. The molecule has 126 valence electrons. The summed E-state index contributed by atoms with van der Waals surface area (Å²) in [4.78, 5) is 6.89. The van der Waals surface area contributed by atoms with Gasteiger partial charge in [-0.05, 0) is 31.2 Å². The van der Waals surface area contributed by atoms with Crippen LogP contribution in [0.2, 0.25) is 0 Å². The van der Waals surface area contributed by atoms with Crippen LogP contribution in [0.3, 0.4) is 0 Å². The smallest absolute Gasteiger partial charge is 0.193 e. The molecule has 2 fully saturated rings. The number of benzene rings is 1. The minimum Gasteiger partial charge on any atom is -0.381 e. The van der Waals surface area contributed by atoms with Crippen LogP contribution in [0, 0.1) is 12.3 Å². The van der Waals surface area contributed by atoms with Crippen molar-refractivity contribution in [2.24, 2.45) is 10.4 Å². The van der Waals surface area contributed by atoms with Crippen LogP contribution in [0.25, 0.3) is 0 Å². The number of ether oxygens (including phenoxy) is 1. The number of hydrogen-bond donors (Lipinski definition) is 1. The first-order valence-electron chi connectivity index (χ1n) is 8.72. The number of aliphatic imine (C=N–C) groups is 1. The van der Waals surface area contributed by atoms with Gasteiger partial charge in [0, 0.05) is 38.7 Å². The average Bonchev–Trinajstić information content (AvgIpc) is 3.19. The molecule has 1 aromatic carbocycles. The van der Waals surface area contributed by atoms with Crippen molar-refractivity contribution >= 4 is 5.96 Å². The highest BCUT2D eigenvalue weighted by atomic mass is 16.5. The molecule has 2 aliphatic rings. The quantitative estimate of drug-likeness (QED) is 0.688. The molecule has 0 aromatic heterocycles. The Hall–Kier alpha value is -1.55. The molecule has 0 saturated carbocycles. The van der Waals surface area contributed by atoms with Crippen LogP contribution in [0.5, 0.6) is 0 Å². The first-order valence-corrected chi connectivity index (χ1v) is 8.72. The summed E-state index contributed by atoms with van der Waals surface area (Å²) in [7, 11) is 1.88. The molecule has 1 N–H and O–H groups in total. The lowest BCUT2D eigenvalue weighted by Crippen LogP contribution is -2.42. The van der Waals surface area contributed by atoms with Crippen LogP contribution in [0.4, 0.5) is 0 Å². The first-order chi connectivity index (χ1) is 11.1. The van der Waals surface area contributed by atoms with E-state index in [-0.39, 0.29) is 0 Å². The van der Waals surface area contributed by atoms with Gasteiger partial charge < -0.3 is 15.0 Å². The SMILES string of the molecule is CN=C(NCC(C)c1ccc(C)cc1)N1CCC2(CCOC2)C1. The Morgan fingerprint density at radius 3 is 2.78 bits per heavy atom. The number of hydrogen-bond acceptors (Lipinski definition) is 2. The Labute approximate surface area is 139 Å². The fourth-order valence-electron chi connectivity index (χ4n) is 3.68. The molecule has 2 heterocycles. The van der Waals surface area contributed by atoms with E-state index in [1.165, 1.54) is 24.0 Å². The molecule has 1 spiro atoms. The first kappa shape index (κ1) is 16.3. The number of guanidine groups is 1. The van der Waals surface area contributed by atoms with E-state index in [4.69, 9.17) is 4.74 Å². The molecule has 23 heavy (non-hydrogen) atoms. The number of rotatable bonds is 3. The maximum absolute atomic E-state index is 5.62. The third-order valence-electron chi connectivity index (χ3n) is 5.35. The number of aryl methyl sites for hydroxylation is 1. The van der Waals surface area contributed by atoms with Crippen molar-refractivity contribution in [2.75, 3.05) is 39.9 Å². The summed E-state index contributed by atoms with van der Waals surface area (Å²) < 4.78 is 5.62. The van der Waals surface area contributed by atoms with Gasteiger partial charge in [0.05, 0.1) is 6.61 Å². The normalized spacial score (nSPS) is 26.0. The lowest BCUT2D eigenvalue weighted by atomic mass is 9.87. The molecular weight excluding hydrogens is 286 g/mol. The highest BCUT2D eigenvalue weighted by Crippen LogP contribution is 2.38. The summed E-state index contributed by atoms with van der Waals surface area (Å²) >= 11 is 0. The second-order valence-corrected chi connectivity index (χ2v) is 7.21. The Balaban J connectivity index is 1.55. The molecule has 4 heteroatoms. The standard InChI is InChI=1S/C19H29N3O/c1-15-4-6-17(7-5-15)16(2)12-21-18(20-3)22-10-8-19(13-22)9-11-23-14-19/h4-7,16H,8-14H2,1-3H3,(H,20,21). The van der Waals surface area contributed by atoms with E-state index in [9.17, 15) is 0 Å². The van der Waals surface area contributed by atoms with Gasteiger partial charge in [-0.1, -0.05) is 36.8 Å². The second kappa shape index (κ2) is 6.91. The van der Waals surface area contributed by atoms with E-state index in [0.717, 1.165) is 38.8 Å². The zero-order valence-corrected chi connectivity index (χ0v) is 14.6. The lowest BCUT2D eigenvalue weighted by Gasteiger charge is -2.26. The molecule has 3 rings (SSSR count). The molecule has 2 saturated heterocycles. The predicted octanol–water partition coefficient (Wildman–Crippen LogP) is 2.79. The monoisotopic (exact) mass is 315 g/mol. The van der Waals surface area contributed by atoms with Crippen molar-refractivity contribution in [1.29, 1.82) is 0 Å². The molecule has 0 bridgehead atoms. The summed E-state index contributed by atoms with van der Waals surface area (Å²) in [6.07, 6.45) is 2.42. The molecule has 0 radical (unpaired) electrons. The van der Waals surface area contributed by atoms with E-state index in [1.54, 1.807) is 0 Å². The zero-order chi connectivity index (χ0) is 16.3. The van der Waals surface area contributed by atoms with E-state index in [2.05, 4.69) is 53.3 Å². The van der Waals surface area contributed by atoms with Crippen LogP contribution in [-0.2, 0) is 4.74 Å². The van der Waals surface area contributed by atoms with Gasteiger partial charge in [-0.15, -0.1) is 0 Å². The van der Waals surface area contributed by atoms with Crippen LogP contribution >= 0.6 is 0 Å². The van der Waals surface area contributed by atoms with E-state index in [1.807, 2.05) is 7.05 Å². The fraction of sp³-hybridized carbons (Fsp3) is 0.632. The van der Waals surface area contributed by atoms with Crippen molar-refractivity contribution < 1.29 is 4.74 Å². The summed E-state index contributed by atoms with van der Waals surface area (Å²) in [5, 5.41) is 3.57. The highest BCUT2D eigenvalue weighted by molar-refractivity contribution is 5.80. The van der Waals surface area contributed by atoms with Gasteiger partial charge in [0.2, 0.25) is 0 Å². The molecule has 2 aliphatic heterocycles. The second-order valence-electron chi connectivity index (χ2n) is 7.21. The predicted molar refractivity (Wildman–Crippen MR) is 95.0 cm³/mol. The summed E-state index contributed by atoms with van der Waals surface area (Å²) in [6.45, 7) is 9.31. The van der Waals surface area contributed by atoms with Crippen molar-refractivity contribution in [3.8, 4) is 0 Å². The Morgan fingerprint density at radius 1 is 1.35 bits per heavy atom. The average molecular weight is 315 g/mol. The number of nitrogens with zero attached hydrogens (tertiary/aromatic N) is 2. The van der Waals surface area contributed by atoms with Gasteiger partial charge in [0.25, 0.3) is 0 Å². The minimum absolute atomic E-state index is 0.375. The van der Waals surface area contributed by atoms with Crippen molar-refractivity contribution in [1.82, 2.24) is 10.2 Å². The molecule has 2 unspecified atom stereocenters. The molecular formula is C19H29N3O. The minimum atomic E-state index is 0.375. The number of nitrogens with one attached hydrogen (secondary N) is 1. The summed E-state index contributed by atoms with van der Waals surface area (Å²) in [6, 6.07) is 8.83. The van der Waals surface area contributed by atoms with Crippen LogP contribution in [0.1, 0.15) is 36.8 Å². The third-order valence-corrected chi connectivity index (χ3v) is 5.35. The largest absolute Gasteiger partial charge is 0.381 e. The summed E-state index contributed by atoms with van der Waals surface area (Å²) in [5.41, 5.74) is 3.06. The fourth-order valence-corrected chi connectivity index (χ4v) is 3.68. The molecule has 1 aromatic rings. The van der Waals surface area contributed by atoms with Gasteiger partial charge in [-0.3, -0.25) is 4.99 Å². The van der Waals surface area contributed by atoms with Gasteiger partial charge in [0.1, 0.15) is 0 Å². The Morgan fingerprint density at radius 2 is 2.13 bits per heavy atom. The van der Waals surface area contributed by atoms with Gasteiger partial charge in [0.15, 0.2) is 5.96 Å². The molecule has 0 aliphatic carbocycles. The van der Waals surface area contributed by atoms with Crippen molar-refractivity contribution in [3.05, 3.63) is 35.4 Å². The van der Waals surface area contributed by atoms with E-state index in [0.29, 0.717) is 11.3 Å². The van der Waals surface area contributed by atoms with Crippen LogP contribution in [0.15, 0.2) is 29.3 Å². The maximum atomic E-state index is 5.62. The Kier molecular flexibility index (Phi) is 4.90.